The van der Waals surface area contributed by atoms with Gasteiger partial charge in [0, 0.05) is 6.42 Å². The Morgan fingerprint density at radius 1 is 1.40 bits per heavy atom. The van der Waals surface area contributed by atoms with Gasteiger partial charge in [-0.05, 0) is 31.4 Å². The molecule has 0 aliphatic heterocycles. The smallest absolute Gasteiger partial charge is 0.135 e. The second kappa shape index (κ2) is 1.44. The van der Waals surface area contributed by atoms with Gasteiger partial charge in [0.25, 0.3) is 0 Å². The third kappa shape index (κ3) is 0.594. The first kappa shape index (κ1) is 6.32. The Labute approximate surface area is 58.9 Å². The molecule has 2 atom stereocenters. The Morgan fingerprint density at radius 2 is 2.10 bits per heavy atom. The summed E-state index contributed by atoms with van der Waals surface area (Å²) in [5, 5.41) is 0. The van der Waals surface area contributed by atoms with E-state index in [1.807, 2.05) is 0 Å². The van der Waals surface area contributed by atoms with E-state index in [-0.39, 0.29) is 6.42 Å². The first-order valence-corrected chi connectivity index (χ1v) is 3.62. The highest BCUT2D eigenvalue weighted by atomic mass is 19.2. The molecule has 2 bridgehead atoms. The van der Waals surface area contributed by atoms with E-state index in [2.05, 4.69) is 0 Å². The molecule has 0 aromatic rings. The van der Waals surface area contributed by atoms with E-state index in [0.717, 1.165) is 0 Å². The van der Waals surface area contributed by atoms with Crippen LogP contribution in [0.3, 0.4) is 0 Å². The van der Waals surface area contributed by atoms with E-state index in [4.69, 9.17) is 0 Å². The Kier molecular flexibility index (Phi) is 0.907. The lowest BCUT2D eigenvalue weighted by Crippen LogP contribution is -2.16. The van der Waals surface area contributed by atoms with Crippen molar-refractivity contribution in [3.8, 4) is 0 Å². The lowest BCUT2D eigenvalue weighted by atomic mass is 9.97. The molecule has 1 fully saturated rings. The SMILES string of the molecule is CC1=CC2(F)CCC1(F)C2. The van der Waals surface area contributed by atoms with E-state index in [0.29, 0.717) is 18.4 Å². The standard InChI is InChI=1S/C8H10F2/c1-6-4-7(9)2-3-8(6,10)5-7/h4H,2-3,5H2,1H3. The molecule has 0 N–H and O–H groups in total. The molecule has 0 spiro atoms. The molecule has 2 unspecified atom stereocenters. The van der Waals surface area contributed by atoms with Crippen molar-refractivity contribution in [3.05, 3.63) is 11.6 Å². The minimum absolute atomic E-state index is 0.0752. The predicted octanol–water partition coefficient (Wildman–Crippen LogP) is 2.55. The third-order valence-electron chi connectivity index (χ3n) is 2.69. The van der Waals surface area contributed by atoms with Gasteiger partial charge in [-0.1, -0.05) is 0 Å². The summed E-state index contributed by atoms with van der Waals surface area (Å²) in [5.74, 6) is 0. The topological polar surface area (TPSA) is 0 Å². The molecule has 0 nitrogen and oxygen atoms in total. The van der Waals surface area contributed by atoms with Gasteiger partial charge in [0.2, 0.25) is 0 Å². The fourth-order valence-corrected chi connectivity index (χ4v) is 2.03. The van der Waals surface area contributed by atoms with E-state index >= 15 is 0 Å². The number of hydrogen-bond acceptors (Lipinski definition) is 0. The number of rotatable bonds is 0. The average molecular weight is 144 g/mol. The van der Waals surface area contributed by atoms with Gasteiger partial charge in [0.1, 0.15) is 11.3 Å². The molecule has 2 heteroatoms. The second-order valence-electron chi connectivity index (χ2n) is 3.50. The van der Waals surface area contributed by atoms with Crippen molar-refractivity contribution in [1.82, 2.24) is 0 Å². The number of allylic oxidation sites excluding steroid dienone is 2. The van der Waals surface area contributed by atoms with Gasteiger partial charge in [-0.3, -0.25) is 0 Å². The molecule has 2 aliphatic rings. The van der Waals surface area contributed by atoms with Crippen molar-refractivity contribution in [1.29, 1.82) is 0 Å². The fourth-order valence-electron chi connectivity index (χ4n) is 2.03. The molecule has 2 rings (SSSR count). The maximum atomic E-state index is 13.4. The van der Waals surface area contributed by atoms with Crippen LogP contribution in [0.1, 0.15) is 26.2 Å². The van der Waals surface area contributed by atoms with Crippen LogP contribution in [-0.4, -0.2) is 11.3 Å². The highest BCUT2D eigenvalue weighted by Gasteiger charge is 2.54. The summed E-state index contributed by atoms with van der Waals surface area (Å²) in [4.78, 5) is 0. The van der Waals surface area contributed by atoms with Crippen LogP contribution >= 0.6 is 0 Å². The molecule has 2 aliphatic carbocycles. The molecule has 56 valence electrons. The summed E-state index contributed by atoms with van der Waals surface area (Å²) < 4.78 is 26.7. The molecule has 10 heavy (non-hydrogen) atoms. The normalized spacial score (nSPS) is 51.7. The van der Waals surface area contributed by atoms with Gasteiger partial charge >= 0.3 is 0 Å². The van der Waals surface area contributed by atoms with Crippen LogP contribution < -0.4 is 0 Å². The van der Waals surface area contributed by atoms with E-state index in [1.165, 1.54) is 6.08 Å². The molecule has 0 aromatic carbocycles. The molecule has 0 heterocycles. The van der Waals surface area contributed by atoms with Crippen LogP contribution in [0.15, 0.2) is 11.6 Å². The second-order valence-corrected chi connectivity index (χ2v) is 3.50. The summed E-state index contributed by atoms with van der Waals surface area (Å²) >= 11 is 0. The largest absolute Gasteiger partial charge is 0.239 e. The van der Waals surface area contributed by atoms with E-state index in [1.54, 1.807) is 6.92 Å². The first-order chi connectivity index (χ1) is 4.54. The molecule has 0 amide bonds. The van der Waals surface area contributed by atoms with Crippen molar-refractivity contribution in [2.24, 2.45) is 0 Å². The highest BCUT2D eigenvalue weighted by Crippen LogP contribution is 2.53. The van der Waals surface area contributed by atoms with Gasteiger partial charge in [-0.25, -0.2) is 8.78 Å². The minimum Gasteiger partial charge on any atom is -0.239 e. The van der Waals surface area contributed by atoms with Gasteiger partial charge < -0.3 is 0 Å². The zero-order valence-electron chi connectivity index (χ0n) is 5.95. The number of fused-ring (bicyclic) bond motifs is 2. The Balaban J connectivity index is 2.43. The molecular formula is C8H10F2. The van der Waals surface area contributed by atoms with Crippen LogP contribution in [-0.2, 0) is 0 Å². The van der Waals surface area contributed by atoms with Crippen molar-refractivity contribution in [3.63, 3.8) is 0 Å². The monoisotopic (exact) mass is 144 g/mol. The number of halogens is 2. The molecule has 0 radical (unpaired) electrons. The maximum absolute atomic E-state index is 13.4. The Morgan fingerprint density at radius 3 is 2.30 bits per heavy atom. The molecule has 1 saturated carbocycles. The summed E-state index contributed by atoms with van der Waals surface area (Å²) in [7, 11) is 0. The quantitative estimate of drug-likeness (QED) is 0.458. The maximum Gasteiger partial charge on any atom is 0.135 e. The Hall–Kier alpha value is -0.400. The summed E-state index contributed by atoms with van der Waals surface area (Å²) in [6.45, 7) is 1.68. The van der Waals surface area contributed by atoms with Crippen LogP contribution in [0.2, 0.25) is 0 Å². The number of hydrogen-bond donors (Lipinski definition) is 0. The van der Waals surface area contributed by atoms with Gasteiger partial charge in [0.15, 0.2) is 0 Å². The third-order valence-corrected chi connectivity index (χ3v) is 2.69. The highest BCUT2D eigenvalue weighted by molar-refractivity contribution is 5.33. The van der Waals surface area contributed by atoms with Crippen LogP contribution in [0, 0.1) is 0 Å². The Bertz CT molecular complexity index is 209. The fraction of sp³-hybridized carbons (Fsp3) is 0.750. The molecule has 0 saturated heterocycles. The van der Waals surface area contributed by atoms with Crippen molar-refractivity contribution < 1.29 is 8.78 Å². The van der Waals surface area contributed by atoms with Crippen molar-refractivity contribution >= 4 is 0 Å². The van der Waals surface area contributed by atoms with Crippen molar-refractivity contribution in [2.75, 3.05) is 0 Å². The molecule has 0 aromatic heterocycles. The predicted molar refractivity (Wildman–Crippen MR) is 35.3 cm³/mol. The van der Waals surface area contributed by atoms with Crippen LogP contribution in [0.4, 0.5) is 8.78 Å². The summed E-state index contributed by atoms with van der Waals surface area (Å²) in [5.41, 5.74) is -1.98. The van der Waals surface area contributed by atoms with Gasteiger partial charge in [-0.2, -0.15) is 0 Å². The zero-order valence-corrected chi connectivity index (χ0v) is 5.95. The van der Waals surface area contributed by atoms with Crippen molar-refractivity contribution in [2.45, 2.75) is 37.5 Å². The van der Waals surface area contributed by atoms with Crippen LogP contribution in [0.25, 0.3) is 0 Å². The molecular weight excluding hydrogens is 134 g/mol. The summed E-state index contributed by atoms with van der Waals surface area (Å²) in [6, 6.07) is 0. The number of alkyl halides is 2. The zero-order chi connectivity index (χ0) is 7.41. The first-order valence-electron chi connectivity index (χ1n) is 3.62. The van der Waals surface area contributed by atoms with E-state index in [9.17, 15) is 8.78 Å². The van der Waals surface area contributed by atoms with Gasteiger partial charge in [-0.15, -0.1) is 0 Å². The average Bonchev–Trinajstić information content (AvgIpc) is 2.17. The van der Waals surface area contributed by atoms with Crippen LogP contribution in [0.5, 0.6) is 0 Å². The van der Waals surface area contributed by atoms with E-state index < -0.39 is 11.3 Å². The lowest BCUT2D eigenvalue weighted by molar-refractivity contribution is 0.199. The lowest BCUT2D eigenvalue weighted by Gasteiger charge is -2.16. The minimum atomic E-state index is -1.29. The van der Waals surface area contributed by atoms with Gasteiger partial charge in [0.05, 0.1) is 0 Å². The summed E-state index contributed by atoms with van der Waals surface area (Å²) in [6.07, 6.45) is 2.29.